The molecule has 0 radical (unpaired) electrons. The van der Waals surface area contributed by atoms with Gasteiger partial charge < -0.3 is 24.7 Å². The van der Waals surface area contributed by atoms with Gasteiger partial charge in [-0.2, -0.15) is 0 Å². The van der Waals surface area contributed by atoms with Gasteiger partial charge in [-0.05, 0) is 30.2 Å². The number of ether oxygens (including phenoxy) is 1. The number of aromatic nitrogens is 1. The Morgan fingerprint density at radius 2 is 2.17 bits per heavy atom. The van der Waals surface area contributed by atoms with E-state index in [-0.39, 0.29) is 12.1 Å². The summed E-state index contributed by atoms with van der Waals surface area (Å²) in [5.74, 6) is 0.757. The average molecular weight is 409 g/mol. The maximum absolute atomic E-state index is 12.4. The highest BCUT2D eigenvalue weighted by atomic mass is 16.6. The van der Waals surface area contributed by atoms with Crippen LogP contribution >= 0.6 is 0 Å². The summed E-state index contributed by atoms with van der Waals surface area (Å²) in [5.41, 5.74) is 3.71. The molecule has 0 saturated carbocycles. The van der Waals surface area contributed by atoms with E-state index >= 15 is 0 Å². The third kappa shape index (κ3) is 5.10. The first-order valence-corrected chi connectivity index (χ1v) is 10.5. The summed E-state index contributed by atoms with van der Waals surface area (Å²) in [6, 6.07) is 16.0. The predicted molar refractivity (Wildman–Crippen MR) is 116 cm³/mol. The van der Waals surface area contributed by atoms with Gasteiger partial charge in [-0.25, -0.2) is 9.78 Å². The van der Waals surface area contributed by atoms with Gasteiger partial charge in [0, 0.05) is 44.3 Å². The molecule has 4 rings (SSSR count). The number of amides is 1. The lowest BCUT2D eigenvalue weighted by atomic mass is 10.1. The van der Waals surface area contributed by atoms with Crippen molar-refractivity contribution in [3.8, 4) is 0 Å². The molecule has 3 aromatic rings. The molecule has 0 aliphatic carbocycles. The van der Waals surface area contributed by atoms with Crippen molar-refractivity contribution >= 4 is 22.9 Å². The van der Waals surface area contributed by atoms with Crippen LogP contribution in [-0.4, -0.2) is 48.2 Å². The molecule has 1 aliphatic heterocycles. The van der Waals surface area contributed by atoms with E-state index in [1.165, 1.54) is 0 Å². The molecule has 2 aromatic carbocycles. The number of nitrogens with zero attached hydrogens (tertiary/aromatic N) is 2. The van der Waals surface area contributed by atoms with Crippen LogP contribution in [0.4, 0.5) is 10.5 Å². The Morgan fingerprint density at radius 3 is 3.00 bits per heavy atom. The van der Waals surface area contributed by atoms with Crippen LogP contribution < -0.4 is 10.6 Å². The molecule has 1 atom stereocenters. The van der Waals surface area contributed by atoms with Gasteiger partial charge >= 0.3 is 6.09 Å². The molecule has 7 nitrogen and oxygen atoms in total. The Hall–Kier alpha value is -3.06. The highest BCUT2D eigenvalue weighted by Crippen LogP contribution is 2.20. The van der Waals surface area contributed by atoms with Crippen molar-refractivity contribution in [2.75, 3.05) is 31.5 Å². The summed E-state index contributed by atoms with van der Waals surface area (Å²) < 4.78 is 11.1. The SMILES string of the molecule is CCc1nc2cc(NCC[C@@H]3CN(C(=O)OCc4ccccc4)CCN3)ccc2o1. The summed E-state index contributed by atoms with van der Waals surface area (Å²) in [5, 5.41) is 6.93. The van der Waals surface area contributed by atoms with Gasteiger partial charge in [0.25, 0.3) is 0 Å². The van der Waals surface area contributed by atoms with Gasteiger partial charge in [0.05, 0.1) is 0 Å². The first-order chi connectivity index (χ1) is 14.7. The van der Waals surface area contributed by atoms with Crippen molar-refractivity contribution in [2.45, 2.75) is 32.4 Å². The molecule has 2 N–H and O–H groups in total. The van der Waals surface area contributed by atoms with Crippen molar-refractivity contribution in [1.82, 2.24) is 15.2 Å². The second-order valence-corrected chi connectivity index (χ2v) is 7.50. The Bertz CT molecular complexity index is 973. The fraction of sp³-hybridized carbons (Fsp3) is 0.391. The number of hydrogen-bond acceptors (Lipinski definition) is 6. The van der Waals surface area contributed by atoms with Crippen LogP contribution in [0.3, 0.4) is 0 Å². The highest BCUT2D eigenvalue weighted by molar-refractivity contribution is 5.77. The maximum Gasteiger partial charge on any atom is 0.410 e. The zero-order valence-electron chi connectivity index (χ0n) is 17.3. The standard InChI is InChI=1S/C23H28N4O3/c1-2-22-26-20-14-18(8-9-21(20)30-22)24-11-10-19-15-27(13-12-25-19)23(28)29-16-17-6-4-3-5-7-17/h3-9,14,19,24-25H,2,10-13,15-16H2,1H3/t19-/m1/s1. The molecule has 30 heavy (non-hydrogen) atoms. The molecule has 1 amide bonds. The third-order valence-electron chi connectivity index (χ3n) is 5.28. The number of rotatable bonds is 7. The van der Waals surface area contributed by atoms with Crippen molar-refractivity contribution < 1.29 is 13.9 Å². The molecule has 2 heterocycles. The molecule has 0 spiro atoms. The molecule has 158 valence electrons. The van der Waals surface area contributed by atoms with Crippen molar-refractivity contribution in [2.24, 2.45) is 0 Å². The van der Waals surface area contributed by atoms with Gasteiger partial charge in [-0.1, -0.05) is 37.3 Å². The Labute approximate surface area is 176 Å². The largest absolute Gasteiger partial charge is 0.445 e. The van der Waals surface area contributed by atoms with E-state index in [2.05, 4.69) is 15.6 Å². The van der Waals surface area contributed by atoms with Crippen molar-refractivity contribution in [3.05, 3.63) is 60.0 Å². The van der Waals surface area contributed by atoms with E-state index in [4.69, 9.17) is 9.15 Å². The number of piperazine rings is 1. The second kappa shape index (κ2) is 9.63. The molecule has 1 aromatic heterocycles. The molecule has 0 unspecified atom stereocenters. The molecular weight excluding hydrogens is 380 g/mol. The highest BCUT2D eigenvalue weighted by Gasteiger charge is 2.24. The Kier molecular flexibility index (Phi) is 6.49. The van der Waals surface area contributed by atoms with Gasteiger partial charge in [0.15, 0.2) is 11.5 Å². The molecular formula is C23H28N4O3. The van der Waals surface area contributed by atoms with Crippen LogP contribution in [0.2, 0.25) is 0 Å². The predicted octanol–water partition coefficient (Wildman–Crippen LogP) is 3.80. The van der Waals surface area contributed by atoms with Gasteiger partial charge in [0.1, 0.15) is 12.1 Å². The minimum atomic E-state index is -0.249. The van der Waals surface area contributed by atoms with Crippen molar-refractivity contribution in [3.63, 3.8) is 0 Å². The zero-order valence-corrected chi connectivity index (χ0v) is 17.3. The Balaban J connectivity index is 1.23. The lowest BCUT2D eigenvalue weighted by Gasteiger charge is -2.33. The van der Waals surface area contributed by atoms with Gasteiger partial charge in [0.2, 0.25) is 0 Å². The van der Waals surface area contributed by atoms with Crippen LogP contribution in [0.15, 0.2) is 52.9 Å². The van der Waals surface area contributed by atoms with E-state index in [0.29, 0.717) is 19.7 Å². The number of benzene rings is 2. The van der Waals surface area contributed by atoms with Crippen LogP contribution in [0.5, 0.6) is 0 Å². The maximum atomic E-state index is 12.4. The van der Waals surface area contributed by atoms with Crippen LogP contribution in [-0.2, 0) is 17.8 Å². The number of oxazole rings is 1. The van der Waals surface area contributed by atoms with Gasteiger partial charge in [-0.15, -0.1) is 0 Å². The molecule has 1 fully saturated rings. The summed E-state index contributed by atoms with van der Waals surface area (Å²) in [6.45, 7) is 5.23. The van der Waals surface area contributed by atoms with Crippen LogP contribution in [0.1, 0.15) is 24.8 Å². The summed E-state index contributed by atoms with van der Waals surface area (Å²) in [4.78, 5) is 18.7. The van der Waals surface area contributed by atoms with E-state index in [9.17, 15) is 4.79 Å². The number of carbonyl (C=O) groups is 1. The summed E-state index contributed by atoms with van der Waals surface area (Å²) in [7, 11) is 0. The smallest absolute Gasteiger partial charge is 0.410 e. The van der Waals surface area contributed by atoms with E-state index in [1.807, 2.05) is 55.5 Å². The molecule has 0 bridgehead atoms. The number of anilines is 1. The minimum absolute atomic E-state index is 0.234. The van der Waals surface area contributed by atoms with Crippen LogP contribution in [0, 0.1) is 0 Å². The first-order valence-electron chi connectivity index (χ1n) is 10.5. The molecule has 1 saturated heterocycles. The summed E-state index contributed by atoms with van der Waals surface area (Å²) in [6.07, 6.45) is 1.44. The van der Waals surface area contributed by atoms with E-state index < -0.39 is 0 Å². The number of aryl methyl sites for hydroxylation is 1. The quantitative estimate of drug-likeness (QED) is 0.619. The third-order valence-corrected chi connectivity index (χ3v) is 5.28. The fourth-order valence-corrected chi connectivity index (χ4v) is 3.62. The first kappa shape index (κ1) is 20.2. The van der Waals surface area contributed by atoms with E-state index in [1.54, 1.807) is 4.90 Å². The monoisotopic (exact) mass is 408 g/mol. The van der Waals surface area contributed by atoms with Gasteiger partial charge in [-0.3, -0.25) is 0 Å². The second-order valence-electron chi connectivity index (χ2n) is 7.50. The molecule has 7 heteroatoms. The number of hydrogen-bond donors (Lipinski definition) is 2. The zero-order chi connectivity index (χ0) is 20.8. The molecule has 1 aliphatic rings. The lowest BCUT2D eigenvalue weighted by Crippen LogP contribution is -2.53. The topological polar surface area (TPSA) is 79.6 Å². The van der Waals surface area contributed by atoms with Crippen molar-refractivity contribution in [1.29, 1.82) is 0 Å². The average Bonchev–Trinajstić information content (AvgIpc) is 3.21. The Morgan fingerprint density at radius 1 is 1.30 bits per heavy atom. The normalized spacial score (nSPS) is 16.6. The van der Waals surface area contributed by atoms with E-state index in [0.717, 1.165) is 54.2 Å². The number of nitrogens with one attached hydrogen (secondary N) is 2. The number of carbonyl (C=O) groups excluding carboxylic acids is 1. The fourth-order valence-electron chi connectivity index (χ4n) is 3.62. The lowest BCUT2D eigenvalue weighted by molar-refractivity contribution is 0.0845. The summed E-state index contributed by atoms with van der Waals surface area (Å²) >= 11 is 0. The van der Waals surface area contributed by atoms with Crippen LogP contribution in [0.25, 0.3) is 11.1 Å². The minimum Gasteiger partial charge on any atom is -0.445 e. The number of fused-ring (bicyclic) bond motifs is 1.